The first kappa shape index (κ1) is 7.18. The third-order valence-electron chi connectivity index (χ3n) is 1.18. The van der Waals surface area contributed by atoms with Crippen LogP contribution in [0, 0.1) is 6.42 Å². The number of rotatable bonds is 3. The molecule has 2 heteroatoms. The Morgan fingerprint density at radius 2 is 2.43 bits per heavy atom. The zero-order chi connectivity index (χ0) is 5.70. The van der Waals surface area contributed by atoms with E-state index in [9.17, 15) is 0 Å². The van der Waals surface area contributed by atoms with Gasteiger partial charge in [0.05, 0.1) is 0 Å². The highest BCUT2D eigenvalue weighted by molar-refractivity contribution is 6.36. The zero-order valence-corrected chi connectivity index (χ0v) is 6.56. The molecule has 0 spiro atoms. The van der Waals surface area contributed by atoms with Crippen molar-refractivity contribution in [2.24, 2.45) is 5.73 Å². The first-order valence-electron chi connectivity index (χ1n) is 2.84. The summed E-state index contributed by atoms with van der Waals surface area (Å²) in [4.78, 5) is 0. The summed E-state index contributed by atoms with van der Waals surface area (Å²) in [5.74, 6) is 0. The van der Waals surface area contributed by atoms with E-state index < -0.39 is 0 Å². The molecule has 0 fully saturated rings. The smallest absolute Gasteiger partial charge is 0.0202 e. The maximum absolute atomic E-state index is 5.27. The molecule has 0 aliphatic heterocycles. The highest BCUT2D eigenvalue weighted by Crippen LogP contribution is 2.01. The average Bonchev–Trinajstić information content (AvgIpc) is 1.68. The van der Waals surface area contributed by atoms with Gasteiger partial charge in [-0.1, -0.05) is 13.5 Å². The molecule has 0 saturated heterocycles. The fourth-order valence-corrected chi connectivity index (χ4v) is 0.925. The Hall–Kier alpha value is 0.177. The minimum Gasteiger partial charge on any atom is -0.330 e. The number of nitrogens with two attached hydrogens (primary N) is 1. The van der Waals surface area contributed by atoms with E-state index in [1.165, 1.54) is 0 Å². The van der Waals surface area contributed by atoms with Gasteiger partial charge in [0.2, 0.25) is 0 Å². The lowest BCUT2D eigenvalue weighted by Gasteiger charge is -2.01. The summed E-state index contributed by atoms with van der Waals surface area (Å²) in [7, 11) is 0.192. The fourth-order valence-electron chi connectivity index (χ4n) is 0.399. The fraction of sp³-hybridized carbons (Fsp3) is 0.800. The number of hydrogen-bond acceptors (Lipinski definition) is 1. The van der Waals surface area contributed by atoms with Gasteiger partial charge in [0.1, 0.15) is 0 Å². The second-order valence-corrected chi connectivity index (χ2v) is 3.96. The van der Waals surface area contributed by atoms with Crippen LogP contribution < -0.4 is 5.73 Å². The third kappa shape index (κ3) is 4.02. The van der Waals surface area contributed by atoms with Crippen molar-refractivity contribution >= 4 is 9.52 Å². The first-order valence-corrected chi connectivity index (χ1v) is 5.07. The van der Waals surface area contributed by atoms with Crippen LogP contribution in [-0.4, -0.2) is 16.1 Å². The molecule has 1 atom stereocenters. The molecule has 2 N–H and O–H groups in total. The first-order chi connectivity index (χ1) is 3.31. The highest BCUT2D eigenvalue weighted by atomic mass is 28.2. The summed E-state index contributed by atoms with van der Waals surface area (Å²) in [5, 5.41) is 0. The van der Waals surface area contributed by atoms with E-state index >= 15 is 0 Å². The van der Waals surface area contributed by atoms with Crippen LogP contribution in [0.25, 0.3) is 0 Å². The molecule has 0 aromatic rings. The van der Waals surface area contributed by atoms with Crippen LogP contribution in [0.2, 0.25) is 12.1 Å². The molecule has 1 unspecified atom stereocenters. The second kappa shape index (κ2) is 4.34. The molecule has 1 nitrogen and oxygen atoms in total. The van der Waals surface area contributed by atoms with Gasteiger partial charge in [-0.05, 0) is 18.5 Å². The van der Waals surface area contributed by atoms with E-state index in [0.717, 1.165) is 12.1 Å². The van der Waals surface area contributed by atoms with Crippen molar-refractivity contribution in [1.29, 1.82) is 0 Å². The minimum absolute atomic E-state index is 0.192. The molecule has 0 aliphatic rings. The molecular weight excluding hydrogens is 102 g/mol. The molecule has 0 saturated carbocycles. The van der Waals surface area contributed by atoms with Crippen LogP contribution in [0.1, 0.15) is 6.92 Å². The van der Waals surface area contributed by atoms with E-state index in [1.807, 2.05) is 0 Å². The molecule has 0 aromatic heterocycles. The number of hydrogen-bond donors (Lipinski definition) is 1. The van der Waals surface area contributed by atoms with Crippen LogP contribution in [0.4, 0.5) is 0 Å². The molecule has 7 heavy (non-hydrogen) atoms. The summed E-state index contributed by atoms with van der Waals surface area (Å²) in [6, 6.07) is 0. The van der Waals surface area contributed by atoms with Crippen molar-refractivity contribution in [1.82, 2.24) is 0 Å². The Labute approximate surface area is 48.1 Å². The quantitative estimate of drug-likeness (QED) is 0.523. The Balaban J connectivity index is 2.83. The summed E-state index contributed by atoms with van der Waals surface area (Å²) in [6.07, 6.45) is 2.19. The minimum atomic E-state index is 0.192. The van der Waals surface area contributed by atoms with Crippen LogP contribution in [0.3, 0.4) is 0 Å². The van der Waals surface area contributed by atoms with Crippen molar-refractivity contribution in [3.8, 4) is 0 Å². The predicted octanol–water partition coefficient (Wildman–Crippen LogP) is 0.175. The molecule has 0 aliphatic carbocycles. The van der Waals surface area contributed by atoms with Gasteiger partial charge in [0.15, 0.2) is 0 Å². The van der Waals surface area contributed by atoms with Crippen LogP contribution in [0.5, 0.6) is 0 Å². The standard InChI is InChI=1S/C5H14NSi/c1-5(7-2)3-4-6/h3,5H,4,6-7H2,1-2H3. The van der Waals surface area contributed by atoms with E-state index in [1.54, 1.807) is 0 Å². The van der Waals surface area contributed by atoms with Crippen molar-refractivity contribution < 1.29 is 0 Å². The zero-order valence-electron chi connectivity index (χ0n) is 5.15. The molecule has 0 bridgehead atoms. The van der Waals surface area contributed by atoms with Gasteiger partial charge in [-0.15, -0.1) is 0 Å². The summed E-state index contributed by atoms with van der Waals surface area (Å²) < 4.78 is 0. The van der Waals surface area contributed by atoms with E-state index in [0.29, 0.717) is 0 Å². The van der Waals surface area contributed by atoms with E-state index in [-0.39, 0.29) is 9.52 Å². The lowest BCUT2D eigenvalue weighted by atomic mass is 10.3. The average molecular weight is 116 g/mol. The van der Waals surface area contributed by atoms with Gasteiger partial charge in [-0.3, -0.25) is 0 Å². The van der Waals surface area contributed by atoms with Crippen molar-refractivity contribution in [3.63, 3.8) is 0 Å². The Morgan fingerprint density at radius 3 is 2.57 bits per heavy atom. The summed E-state index contributed by atoms with van der Waals surface area (Å²) in [6.45, 7) is 5.29. The van der Waals surface area contributed by atoms with Crippen molar-refractivity contribution in [2.45, 2.75) is 19.0 Å². The van der Waals surface area contributed by atoms with Gasteiger partial charge >= 0.3 is 0 Å². The summed E-state index contributed by atoms with van der Waals surface area (Å²) in [5.41, 5.74) is 6.11. The van der Waals surface area contributed by atoms with Crippen LogP contribution in [-0.2, 0) is 0 Å². The molecule has 1 radical (unpaired) electrons. The largest absolute Gasteiger partial charge is 0.330 e. The molecular formula is C5H14NSi. The summed E-state index contributed by atoms with van der Waals surface area (Å²) >= 11 is 0. The van der Waals surface area contributed by atoms with Gasteiger partial charge in [-0.25, -0.2) is 0 Å². The second-order valence-electron chi connectivity index (χ2n) is 1.86. The molecule has 0 heterocycles. The molecule has 0 amide bonds. The van der Waals surface area contributed by atoms with Gasteiger partial charge < -0.3 is 5.73 Å². The predicted molar refractivity (Wildman–Crippen MR) is 37.2 cm³/mol. The van der Waals surface area contributed by atoms with E-state index in [4.69, 9.17) is 5.73 Å². The Bertz CT molecular complexity index is 39.1. The molecule has 43 valence electrons. The van der Waals surface area contributed by atoms with E-state index in [2.05, 4.69) is 19.9 Å². The normalized spacial score (nSPS) is 15.9. The van der Waals surface area contributed by atoms with Gasteiger partial charge in [0.25, 0.3) is 0 Å². The SMILES string of the molecule is C[SiH2]C(C)[CH]CN. The Morgan fingerprint density at radius 1 is 1.86 bits per heavy atom. The topological polar surface area (TPSA) is 26.0 Å². The van der Waals surface area contributed by atoms with Crippen LogP contribution >= 0.6 is 0 Å². The maximum Gasteiger partial charge on any atom is 0.0202 e. The van der Waals surface area contributed by atoms with Crippen molar-refractivity contribution in [2.75, 3.05) is 6.54 Å². The molecule has 0 aromatic carbocycles. The molecule has 0 rings (SSSR count). The van der Waals surface area contributed by atoms with Crippen molar-refractivity contribution in [3.05, 3.63) is 6.42 Å². The third-order valence-corrected chi connectivity index (χ3v) is 2.80. The van der Waals surface area contributed by atoms with Crippen LogP contribution in [0.15, 0.2) is 0 Å². The monoisotopic (exact) mass is 116 g/mol. The van der Waals surface area contributed by atoms with Gasteiger partial charge in [0, 0.05) is 9.52 Å². The lowest BCUT2D eigenvalue weighted by molar-refractivity contribution is 0.988. The van der Waals surface area contributed by atoms with Gasteiger partial charge in [-0.2, -0.15) is 0 Å². The Kier molecular flexibility index (Phi) is 4.45. The lowest BCUT2D eigenvalue weighted by Crippen LogP contribution is -2.05. The maximum atomic E-state index is 5.27. The highest BCUT2D eigenvalue weighted by Gasteiger charge is 1.94.